The van der Waals surface area contributed by atoms with E-state index >= 15 is 0 Å². The molecule has 12 heteroatoms. The molecule has 0 spiro atoms. The Kier molecular flexibility index (Phi) is 6.19. The monoisotopic (exact) mass is 526 g/mol. The fourth-order valence-electron chi connectivity index (χ4n) is 7.14. The molecule has 0 aromatic heterocycles. The fourth-order valence-corrected chi connectivity index (χ4v) is 7.14. The van der Waals surface area contributed by atoms with Crippen LogP contribution < -0.4 is 10.6 Å². The smallest absolute Gasteiger partial charge is 0.320 e. The highest BCUT2D eigenvalue weighted by Gasteiger charge is 2.62. The maximum atomic E-state index is 12.5. The SMILES string of the molecule is O=C(NCCCCCCNC(=O)ON1C(=O)C2C3C=CC(C3)C2C1=O)ON1C(=O)C2C3C=CC(C3)C2C1=O. The summed E-state index contributed by atoms with van der Waals surface area (Å²) in [6.45, 7) is 0.616. The first-order chi connectivity index (χ1) is 18.3. The molecule has 2 aliphatic heterocycles. The van der Waals surface area contributed by atoms with Crippen LogP contribution in [0.2, 0.25) is 0 Å². The van der Waals surface area contributed by atoms with Crippen LogP contribution in [0.5, 0.6) is 0 Å². The Labute approximate surface area is 218 Å². The number of nitrogens with zero attached hydrogens (tertiary/aromatic N) is 2. The van der Waals surface area contributed by atoms with Gasteiger partial charge < -0.3 is 20.3 Å². The van der Waals surface area contributed by atoms with Gasteiger partial charge in [-0.15, -0.1) is 10.1 Å². The maximum Gasteiger partial charge on any atom is 0.432 e. The number of fused-ring (bicyclic) bond motifs is 10. The molecule has 202 valence electrons. The Balaban J connectivity index is 0.824. The Bertz CT molecular complexity index is 1000. The summed E-state index contributed by atoms with van der Waals surface area (Å²) in [6, 6.07) is 0. The van der Waals surface area contributed by atoms with E-state index < -0.39 is 59.5 Å². The molecule has 38 heavy (non-hydrogen) atoms. The summed E-state index contributed by atoms with van der Waals surface area (Å²) in [5.74, 6) is -3.24. The molecule has 0 radical (unpaired) electrons. The number of hydroxylamine groups is 4. The van der Waals surface area contributed by atoms with Crippen LogP contribution in [0.4, 0.5) is 9.59 Å². The third-order valence-corrected chi connectivity index (χ3v) is 8.85. The van der Waals surface area contributed by atoms with E-state index in [-0.39, 0.29) is 23.7 Å². The van der Waals surface area contributed by atoms with Crippen molar-refractivity contribution in [3.05, 3.63) is 24.3 Å². The molecule has 6 rings (SSSR count). The lowest BCUT2D eigenvalue weighted by atomic mass is 9.85. The Hall–Kier alpha value is -3.70. The predicted octanol–water partition coefficient (Wildman–Crippen LogP) is 1.44. The van der Waals surface area contributed by atoms with E-state index in [1.807, 2.05) is 24.3 Å². The maximum absolute atomic E-state index is 12.5. The van der Waals surface area contributed by atoms with Gasteiger partial charge in [-0.3, -0.25) is 19.2 Å². The minimum atomic E-state index is -0.838. The third kappa shape index (κ3) is 3.97. The zero-order valence-corrected chi connectivity index (χ0v) is 20.7. The van der Waals surface area contributed by atoms with E-state index in [0.717, 1.165) is 25.7 Å². The second-order valence-electron chi connectivity index (χ2n) is 11.0. The van der Waals surface area contributed by atoms with E-state index in [4.69, 9.17) is 9.68 Å². The molecular formula is C26H30N4O8. The van der Waals surface area contributed by atoms with Crippen molar-refractivity contribution in [2.75, 3.05) is 13.1 Å². The molecule has 4 fully saturated rings. The lowest BCUT2D eigenvalue weighted by molar-refractivity contribution is -0.175. The molecule has 12 nitrogen and oxygen atoms in total. The van der Waals surface area contributed by atoms with Crippen molar-refractivity contribution in [2.24, 2.45) is 47.3 Å². The van der Waals surface area contributed by atoms with Crippen molar-refractivity contribution in [2.45, 2.75) is 38.5 Å². The van der Waals surface area contributed by atoms with Crippen LogP contribution in [0.15, 0.2) is 24.3 Å². The van der Waals surface area contributed by atoms with Crippen molar-refractivity contribution < 1.29 is 38.4 Å². The van der Waals surface area contributed by atoms with Gasteiger partial charge in [0.1, 0.15) is 0 Å². The number of hydrogen-bond acceptors (Lipinski definition) is 8. The topological polar surface area (TPSA) is 151 Å². The van der Waals surface area contributed by atoms with Gasteiger partial charge in [0.05, 0.1) is 23.7 Å². The van der Waals surface area contributed by atoms with Crippen molar-refractivity contribution >= 4 is 35.8 Å². The number of hydrogen-bond donors (Lipinski definition) is 2. The molecule has 2 saturated heterocycles. The Morgan fingerprint density at radius 1 is 0.605 bits per heavy atom. The van der Waals surface area contributed by atoms with Gasteiger partial charge in [0.2, 0.25) is 0 Å². The highest BCUT2D eigenvalue weighted by Crippen LogP contribution is 2.53. The highest BCUT2D eigenvalue weighted by atomic mass is 16.7. The zero-order valence-electron chi connectivity index (χ0n) is 20.7. The molecule has 0 aromatic rings. The number of rotatable bonds is 9. The number of amides is 6. The summed E-state index contributed by atoms with van der Waals surface area (Å²) in [7, 11) is 0. The van der Waals surface area contributed by atoms with Crippen LogP contribution >= 0.6 is 0 Å². The lowest BCUT2D eigenvalue weighted by Crippen LogP contribution is -2.39. The largest absolute Gasteiger partial charge is 0.432 e. The molecule has 2 heterocycles. The summed E-state index contributed by atoms with van der Waals surface area (Å²) in [5.41, 5.74) is 0. The Morgan fingerprint density at radius 2 is 0.921 bits per heavy atom. The standard InChI is InChI=1S/C26H30N4O8/c31-21-17-13-5-6-14(11-13)18(17)22(32)29(21)37-25(35)27-9-3-1-2-4-10-28-26(36)38-30-23(33)19-15-7-8-16(12-15)20(19)24(30)34/h5-8,13-20H,1-4,9-12H2,(H,27,35)(H,28,36). The second-order valence-corrected chi connectivity index (χ2v) is 11.0. The number of imide groups is 2. The Morgan fingerprint density at radius 3 is 1.24 bits per heavy atom. The van der Waals surface area contributed by atoms with Gasteiger partial charge in [0.15, 0.2) is 0 Å². The number of carbonyl (C=O) groups excluding carboxylic acids is 6. The number of carbonyl (C=O) groups is 6. The summed E-state index contributed by atoms with van der Waals surface area (Å²) in [5, 5.41) is 6.35. The molecule has 2 saturated carbocycles. The lowest BCUT2D eigenvalue weighted by Gasteiger charge is -2.16. The first kappa shape index (κ1) is 24.6. The van der Waals surface area contributed by atoms with Gasteiger partial charge in [0, 0.05) is 13.1 Å². The average molecular weight is 527 g/mol. The van der Waals surface area contributed by atoms with Crippen LogP contribution in [0.1, 0.15) is 38.5 Å². The van der Waals surface area contributed by atoms with Gasteiger partial charge in [-0.05, 0) is 49.4 Å². The van der Waals surface area contributed by atoms with E-state index in [2.05, 4.69) is 10.6 Å². The van der Waals surface area contributed by atoms with Crippen molar-refractivity contribution in [1.29, 1.82) is 0 Å². The van der Waals surface area contributed by atoms with Gasteiger partial charge in [-0.25, -0.2) is 9.59 Å². The first-order valence-corrected chi connectivity index (χ1v) is 13.4. The molecule has 6 amide bonds. The summed E-state index contributed by atoms with van der Waals surface area (Å²) >= 11 is 0. The first-order valence-electron chi connectivity index (χ1n) is 13.4. The molecule has 6 aliphatic rings. The van der Waals surface area contributed by atoms with Crippen LogP contribution in [0.3, 0.4) is 0 Å². The van der Waals surface area contributed by atoms with Gasteiger partial charge in [-0.1, -0.05) is 37.1 Å². The van der Waals surface area contributed by atoms with E-state index in [1.165, 1.54) is 0 Å². The normalized spacial score (nSPS) is 35.4. The third-order valence-electron chi connectivity index (χ3n) is 8.85. The summed E-state index contributed by atoms with van der Waals surface area (Å²) in [6.07, 6.45) is 10.6. The van der Waals surface area contributed by atoms with Crippen molar-refractivity contribution in [1.82, 2.24) is 20.8 Å². The van der Waals surface area contributed by atoms with Crippen LogP contribution in [0.25, 0.3) is 0 Å². The summed E-state index contributed by atoms with van der Waals surface area (Å²) in [4.78, 5) is 84.3. The summed E-state index contributed by atoms with van der Waals surface area (Å²) < 4.78 is 0. The fraction of sp³-hybridized carbons (Fsp3) is 0.615. The van der Waals surface area contributed by atoms with Gasteiger partial charge in [-0.2, -0.15) is 0 Å². The van der Waals surface area contributed by atoms with E-state index in [9.17, 15) is 28.8 Å². The van der Waals surface area contributed by atoms with Gasteiger partial charge >= 0.3 is 12.2 Å². The van der Waals surface area contributed by atoms with E-state index in [1.54, 1.807) is 0 Å². The average Bonchev–Trinajstić information content (AvgIpc) is 3.74. The second kappa shape index (κ2) is 9.55. The van der Waals surface area contributed by atoms with Crippen molar-refractivity contribution in [3.63, 3.8) is 0 Å². The molecular weight excluding hydrogens is 496 g/mol. The van der Waals surface area contributed by atoms with Gasteiger partial charge in [0.25, 0.3) is 23.6 Å². The molecule has 4 bridgehead atoms. The molecule has 8 atom stereocenters. The minimum Gasteiger partial charge on any atom is -0.320 e. The van der Waals surface area contributed by atoms with Crippen LogP contribution in [0, 0.1) is 47.3 Å². The molecule has 4 aliphatic carbocycles. The van der Waals surface area contributed by atoms with Crippen LogP contribution in [-0.2, 0) is 28.9 Å². The molecule has 0 aromatic carbocycles. The van der Waals surface area contributed by atoms with E-state index in [0.29, 0.717) is 36.1 Å². The number of nitrogens with one attached hydrogen (secondary N) is 2. The number of allylic oxidation sites excluding steroid dienone is 4. The zero-order chi connectivity index (χ0) is 26.6. The minimum absolute atomic E-state index is 0.0481. The number of unbranched alkanes of at least 4 members (excludes halogenated alkanes) is 3. The quantitative estimate of drug-likeness (QED) is 0.260. The highest BCUT2D eigenvalue weighted by molar-refractivity contribution is 6.06. The predicted molar refractivity (Wildman–Crippen MR) is 127 cm³/mol. The molecule has 2 N–H and O–H groups in total. The van der Waals surface area contributed by atoms with Crippen LogP contribution in [-0.4, -0.2) is 59.0 Å². The van der Waals surface area contributed by atoms with Crippen molar-refractivity contribution in [3.8, 4) is 0 Å². The molecule has 8 unspecified atom stereocenters.